The van der Waals surface area contributed by atoms with Gasteiger partial charge in [0.2, 0.25) is 0 Å². The third kappa shape index (κ3) is 8.52. The van der Waals surface area contributed by atoms with Gasteiger partial charge in [-0.05, 0) is 38.8 Å². The van der Waals surface area contributed by atoms with Crippen molar-refractivity contribution in [2.24, 2.45) is 4.99 Å². The lowest BCUT2D eigenvalue weighted by molar-refractivity contribution is 0.0186. The van der Waals surface area contributed by atoms with E-state index in [9.17, 15) is 0 Å². The Morgan fingerprint density at radius 1 is 1.32 bits per heavy atom. The Kier molecular flexibility index (Phi) is 13.3. The highest BCUT2D eigenvalue weighted by Gasteiger charge is 2.23. The van der Waals surface area contributed by atoms with E-state index >= 15 is 0 Å². The second kappa shape index (κ2) is 14.5. The van der Waals surface area contributed by atoms with Gasteiger partial charge in [0.05, 0.1) is 25.8 Å². The molecule has 0 aromatic carbocycles. The first-order chi connectivity index (χ1) is 13.2. The number of morpholine rings is 1. The highest BCUT2D eigenvalue weighted by atomic mass is 127. The minimum atomic E-state index is 0. The van der Waals surface area contributed by atoms with Crippen LogP contribution < -0.4 is 10.6 Å². The Hall–Kier alpha value is -0.420. The van der Waals surface area contributed by atoms with E-state index in [-0.39, 0.29) is 24.0 Å². The summed E-state index contributed by atoms with van der Waals surface area (Å²) in [7, 11) is 2.19. The third-order valence-electron chi connectivity index (χ3n) is 5.22. The van der Waals surface area contributed by atoms with E-state index < -0.39 is 0 Å². The molecule has 1 aromatic heterocycles. The van der Waals surface area contributed by atoms with Gasteiger partial charge in [0.15, 0.2) is 5.96 Å². The molecule has 0 spiro atoms. The highest BCUT2D eigenvalue weighted by molar-refractivity contribution is 14.0. The summed E-state index contributed by atoms with van der Waals surface area (Å²) in [5.74, 6) is 0.907. The fourth-order valence-corrected chi connectivity index (χ4v) is 4.01. The van der Waals surface area contributed by atoms with E-state index in [1.807, 2.05) is 11.3 Å². The Morgan fingerprint density at radius 3 is 2.68 bits per heavy atom. The Bertz CT molecular complexity index is 537. The van der Waals surface area contributed by atoms with Crippen LogP contribution in [0.1, 0.15) is 38.1 Å². The van der Waals surface area contributed by atoms with Gasteiger partial charge in [-0.2, -0.15) is 0 Å². The number of guanidine groups is 1. The third-order valence-corrected chi connectivity index (χ3v) is 6.20. The van der Waals surface area contributed by atoms with E-state index in [1.165, 1.54) is 11.3 Å². The van der Waals surface area contributed by atoms with E-state index in [4.69, 9.17) is 9.73 Å². The van der Waals surface area contributed by atoms with Crippen molar-refractivity contribution in [3.05, 3.63) is 22.4 Å². The number of hydrogen-bond donors (Lipinski definition) is 2. The molecule has 0 radical (unpaired) electrons. The van der Waals surface area contributed by atoms with E-state index in [0.29, 0.717) is 12.1 Å². The van der Waals surface area contributed by atoms with Crippen LogP contribution in [0, 0.1) is 0 Å². The Labute approximate surface area is 192 Å². The lowest BCUT2D eigenvalue weighted by Gasteiger charge is -2.33. The molecule has 2 heterocycles. The molecule has 2 N–H and O–H groups in total. The summed E-state index contributed by atoms with van der Waals surface area (Å²) in [4.78, 5) is 11.2. The van der Waals surface area contributed by atoms with Crippen LogP contribution in [-0.4, -0.2) is 81.3 Å². The van der Waals surface area contributed by atoms with Crippen molar-refractivity contribution in [3.63, 3.8) is 0 Å². The highest BCUT2D eigenvalue weighted by Crippen LogP contribution is 2.26. The van der Waals surface area contributed by atoms with E-state index in [0.717, 1.165) is 58.4 Å². The first-order valence-corrected chi connectivity index (χ1v) is 11.1. The van der Waals surface area contributed by atoms with Crippen LogP contribution in [0.15, 0.2) is 22.5 Å². The summed E-state index contributed by atoms with van der Waals surface area (Å²) < 4.78 is 5.53. The van der Waals surface area contributed by atoms with Gasteiger partial charge in [-0.15, -0.1) is 35.3 Å². The van der Waals surface area contributed by atoms with Gasteiger partial charge in [0, 0.05) is 43.6 Å². The number of thiophene rings is 1. The first kappa shape index (κ1) is 25.6. The van der Waals surface area contributed by atoms with Crippen LogP contribution in [0.4, 0.5) is 0 Å². The van der Waals surface area contributed by atoms with Crippen molar-refractivity contribution in [2.75, 3.05) is 59.5 Å². The molecule has 2 atom stereocenters. The minimum absolute atomic E-state index is 0. The summed E-state index contributed by atoms with van der Waals surface area (Å²) in [5, 5.41) is 9.03. The predicted molar refractivity (Wildman–Crippen MR) is 131 cm³/mol. The van der Waals surface area contributed by atoms with Crippen molar-refractivity contribution < 1.29 is 4.74 Å². The number of nitrogens with one attached hydrogen (secondary N) is 2. The molecule has 162 valence electrons. The zero-order chi connectivity index (χ0) is 19.5. The van der Waals surface area contributed by atoms with Crippen molar-refractivity contribution in [1.29, 1.82) is 0 Å². The largest absolute Gasteiger partial charge is 0.379 e. The van der Waals surface area contributed by atoms with Crippen molar-refractivity contribution >= 4 is 41.3 Å². The van der Waals surface area contributed by atoms with Gasteiger partial charge in [-0.1, -0.05) is 13.0 Å². The van der Waals surface area contributed by atoms with Gasteiger partial charge in [0.1, 0.15) is 0 Å². The zero-order valence-electron chi connectivity index (χ0n) is 17.8. The Balaban J connectivity index is 0.00000392. The number of halogens is 1. The zero-order valence-corrected chi connectivity index (χ0v) is 21.0. The molecule has 1 aromatic rings. The standard InChI is InChI=1S/C20H37N5OS.HI/c1-5-17(3)24(4)10-9-22-20(21-6-2)23-16-18(19-8-7-15-27-19)25-11-13-26-14-12-25;/h7-8,15,17-18H,5-6,9-14,16H2,1-4H3,(H2,21,22,23);1H. The molecule has 1 saturated heterocycles. The van der Waals surface area contributed by atoms with E-state index in [2.05, 4.69) is 65.8 Å². The molecule has 8 heteroatoms. The van der Waals surface area contributed by atoms with Crippen LogP contribution in [0.5, 0.6) is 0 Å². The molecular formula is C20H38IN5OS. The average molecular weight is 524 g/mol. The SMILES string of the molecule is CCNC(=NCC(c1cccs1)N1CCOCC1)NCCN(C)C(C)CC.I. The summed E-state index contributed by atoms with van der Waals surface area (Å²) in [6.45, 7) is 13.7. The van der Waals surface area contributed by atoms with Crippen LogP contribution in [0.2, 0.25) is 0 Å². The monoisotopic (exact) mass is 523 g/mol. The van der Waals surface area contributed by atoms with Crippen LogP contribution in [0.25, 0.3) is 0 Å². The maximum absolute atomic E-state index is 5.53. The number of likely N-dealkylation sites (N-methyl/N-ethyl adjacent to an activating group) is 1. The summed E-state index contributed by atoms with van der Waals surface area (Å²) >= 11 is 1.82. The number of rotatable bonds is 10. The molecule has 0 saturated carbocycles. The Morgan fingerprint density at radius 2 is 2.07 bits per heavy atom. The van der Waals surface area contributed by atoms with Gasteiger partial charge >= 0.3 is 0 Å². The smallest absolute Gasteiger partial charge is 0.191 e. The fraction of sp³-hybridized carbons (Fsp3) is 0.750. The van der Waals surface area contributed by atoms with Gasteiger partial charge in [0.25, 0.3) is 0 Å². The lowest BCUT2D eigenvalue weighted by Crippen LogP contribution is -2.43. The van der Waals surface area contributed by atoms with Crippen molar-refractivity contribution in [2.45, 2.75) is 39.3 Å². The first-order valence-electron chi connectivity index (χ1n) is 10.2. The van der Waals surface area contributed by atoms with E-state index in [1.54, 1.807) is 0 Å². The maximum Gasteiger partial charge on any atom is 0.191 e. The normalized spacial score (nSPS) is 17.8. The molecule has 28 heavy (non-hydrogen) atoms. The van der Waals surface area contributed by atoms with Crippen molar-refractivity contribution in [1.82, 2.24) is 20.4 Å². The molecule has 1 aliphatic rings. The molecule has 2 rings (SSSR count). The molecule has 1 fully saturated rings. The van der Waals surface area contributed by atoms with Crippen LogP contribution >= 0.6 is 35.3 Å². The molecule has 0 aliphatic carbocycles. The fourth-order valence-electron chi connectivity index (χ4n) is 3.16. The second-order valence-electron chi connectivity index (χ2n) is 7.06. The molecule has 2 unspecified atom stereocenters. The van der Waals surface area contributed by atoms with Gasteiger partial charge in [-0.3, -0.25) is 9.89 Å². The topological polar surface area (TPSA) is 52.1 Å². The minimum Gasteiger partial charge on any atom is -0.379 e. The summed E-state index contributed by atoms with van der Waals surface area (Å²) in [6, 6.07) is 5.29. The second-order valence-corrected chi connectivity index (χ2v) is 8.04. The van der Waals surface area contributed by atoms with Gasteiger partial charge < -0.3 is 20.3 Å². The summed E-state index contributed by atoms with van der Waals surface area (Å²) in [5.41, 5.74) is 0. The van der Waals surface area contributed by atoms with Gasteiger partial charge in [-0.25, -0.2) is 0 Å². The van der Waals surface area contributed by atoms with Crippen LogP contribution in [-0.2, 0) is 4.74 Å². The molecule has 0 bridgehead atoms. The molecule has 6 nitrogen and oxygen atoms in total. The molecule has 1 aliphatic heterocycles. The predicted octanol–water partition coefficient (Wildman–Crippen LogP) is 3.02. The number of ether oxygens (including phenoxy) is 1. The lowest BCUT2D eigenvalue weighted by atomic mass is 10.2. The number of nitrogens with zero attached hydrogens (tertiary/aromatic N) is 3. The maximum atomic E-state index is 5.53. The quantitative estimate of drug-likeness (QED) is 0.281. The molecular weight excluding hydrogens is 485 g/mol. The number of aliphatic imine (C=N–C) groups is 1. The average Bonchev–Trinajstić information content (AvgIpc) is 3.22. The van der Waals surface area contributed by atoms with Crippen LogP contribution in [0.3, 0.4) is 0 Å². The molecule has 0 amide bonds. The number of hydrogen-bond acceptors (Lipinski definition) is 5. The summed E-state index contributed by atoms with van der Waals surface area (Å²) in [6.07, 6.45) is 1.17. The van der Waals surface area contributed by atoms with Crippen molar-refractivity contribution in [3.8, 4) is 0 Å².